The van der Waals surface area contributed by atoms with Crippen molar-refractivity contribution in [3.63, 3.8) is 0 Å². The molecule has 2 aliphatic rings. The first kappa shape index (κ1) is 19.1. The quantitative estimate of drug-likeness (QED) is 0.568. The maximum absolute atomic E-state index is 5.40. The second-order valence-electron chi connectivity index (χ2n) is 7.00. The van der Waals surface area contributed by atoms with Gasteiger partial charge in [0.1, 0.15) is 0 Å². The minimum Gasteiger partial charge on any atom is -0.379 e. The van der Waals surface area contributed by atoms with Crippen LogP contribution in [0.2, 0.25) is 0 Å². The van der Waals surface area contributed by atoms with Crippen molar-refractivity contribution in [2.45, 2.75) is 18.9 Å². The van der Waals surface area contributed by atoms with Gasteiger partial charge in [-0.15, -0.1) is 0 Å². The highest BCUT2D eigenvalue weighted by Gasteiger charge is 2.23. The van der Waals surface area contributed by atoms with E-state index in [1.807, 2.05) is 7.05 Å². The molecule has 2 N–H and O–H groups in total. The van der Waals surface area contributed by atoms with E-state index in [0.717, 1.165) is 51.9 Å². The van der Waals surface area contributed by atoms with Crippen molar-refractivity contribution in [3.8, 4) is 0 Å². The van der Waals surface area contributed by atoms with Crippen molar-refractivity contribution in [2.75, 3.05) is 66.1 Å². The average molecular weight is 360 g/mol. The van der Waals surface area contributed by atoms with Crippen LogP contribution in [-0.4, -0.2) is 81.8 Å². The van der Waals surface area contributed by atoms with Crippen molar-refractivity contribution in [3.05, 3.63) is 35.9 Å². The molecular formula is C20H33N5O. The largest absolute Gasteiger partial charge is 0.379 e. The fourth-order valence-electron chi connectivity index (χ4n) is 3.76. The second kappa shape index (κ2) is 10.5. The predicted molar refractivity (Wildman–Crippen MR) is 107 cm³/mol. The number of ether oxygens (including phenoxy) is 1. The zero-order valence-corrected chi connectivity index (χ0v) is 16.0. The Morgan fingerprint density at radius 3 is 2.50 bits per heavy atom. The number of benzene rings is 1. The number of guanidine groups is 1. The predicted octanol–water partition coefficient (Wildman–Crippen LogP) is 1.32. The molecule has 0 aliphatic carbocycles. The van der Waals surface area contributed by atoms with Crippen LogP contribution in [0.5, 0.6) is 0 Å². The van der Waals surface area contributed by atoms with Crippen LogP contribution in [-0.2, 0) is 4.74 Å². The molecule has 1 aromatic rings. The Labute approximate surface area is 157 Å². The summed E-state index contributed by atoms with van der Waals surface area (Å²) < 4.78 is 5.40. The first-order valence-electron chi connectivity index (χ1n) is 9.90. The minimum absolute atomic E-state index is 0.400. The van der Waals surface area contributed by atoms with E-state index >= 15 is 0 Å². The van der Waals surface area contributed by atoms with Crippen LogP contribution in [0.3, 0.4) is 0 Å². The molecular weight excluding hydrogens is 326 g/mol. The third-order valence-corrected chi connectivity index (χ3v) is 5.28. The maximum Gasteiger partial charge on any atom is 0.191 e. The lowest BCUT2D eigenvalue weighted by molar-refractivity contribution is 0.0389. The Kier molecular flexibility index (Phi) is 7.73. The normalized spacial score (nSPS) is 20.9. The summed E-state index contributed by atoms with van der Waals surface area (Å²) in [5, 5.41) is 6.99. The summed E-state index contributed by atoms with van der Waals surface area (Å²) in [7, 11) is 1.84. The third-order valence-electron chi connectivity index (χ3n) is 5.28. The molecule has 0 aromatic heterocycles. The first-order valence-corrected chi connectivity index (χ1v) is 9.90. The molecule has 1 unspecified atom stereocenters. The van der Waals surface area contributed by atoms with Crippen molar-refractivity contribution in [2.24, 2.45) is 4.99 Å². The van der Waals surface area contributed by atoms with Gasteiger partial charge in [0.2, 0.25) is 0 Å². The minimum atomic E-state index is 0.400. The molecule has 0 bridgehead atoms. The molecule has 0 radical (unpaired) electrons. The molecule has 0 saturated carbocycles. The van der Waals surface area contributed by atoms with Gasteiger partial charge < -0.3 is 15.4 Å². The number of morpholine rings is 1. The van der Waals surface area contributed by atoms with Gasteiger partial charge in [0.15, 0.2) is 5.96 Å². The zero-order valence-electron chi connectivity index (χ0n) is 16.0. The van der Waals surface area contributed by atoms with E-state index in [0.29, 0.717) is 6.04 Å². The molecule has 1 atom stereocenters. The molecule has 6 nitrogen and oxygen atoms in total. The van der Waals surface area contributed by atoms with Crippen LogP contribution in [0.4, 0.5) is 0 Å². The van der Waals surface area contributed by atoms with E-state index in [1.165, 1.54) is 31.5 Å². The Morgan fingerprint density at radius 1 is 1.08 bits per heavy atom. The molecule has 2 aliphatic heterocycles. The maximum atomic E-state index is 5.40. The monoisotopic (exact) mass is 359 g/mol. The number of rotatable bonds is 7. The number of nitrogens with one attached hydrogen (secondary N) is 2. The van der Waals surface area contributed by atoms with Crippen LogP contribution >= 0.6 is 0 Å². The van der Waals surface area contributed by atoms with Gasteiger partial charge in [0.05, 0.1) is 19.3 Å². The number of aliphatic imine (C=N–C) groups is 1. The van der Waals surface area contributed by atoms with Crippen molar-refractivity contribution >= 4 is 5.96 Å². The Bertz CT molecular complexity index is 538. The van der Waals surface area contributed by atoms with Gasteiger partial charge in [-0.2, -0.15) is 0 Å². The highest BCUT2D eigenvalue weighted by Crippen LogP contribution is 2.24. The SMILES string of the molecule is CN=C(NCCN1CCOCC1)NCC(c1ccccc1)N1CCCC1. The van der Waals surface area contributed by atoms with Gasteiger partial charge in [-0.05, 0) is 31.5 Å². The molecule has 2 fully saturated rings. The van der Waals surface area contributed by atoms with Crippen LogP contribution in [0.25, 0.3) is 0 Å². The zero-order chi connectivity index (χ0) is 18.0. The van der Waals surface area contributed by atoms with Crippen molar-refractivity contribution < 1.29 is 4.74 Å². The number of hydrogen-bond donors (Lipinski definition) is 2. The van der Waals surface area contributed by atoms with Gasteiger partial charge >= 0.3 is 0 Å². The van der Waals surface area contributed by atoms with Gasteiger partial charge in [-0.25, -0.2) is 0 Å². The summed E-state index contributed by atoms with van der Waals surface area (Å²) in [6.07, 6.45) is 2.60. The first-order chi connectivity index (χ1) is 12.9. The second-order valence-corrected chi connectivity index (χ2v) is 7.00. The highest BCUT2D eigenvalue weighted by atomic mass is 16.5. The lowest BCUT2D eigenvalue weighted by Crippen LogP contribution is -2.46. The Hall–Kier alpha value is -1.63. The number of likely N-dealkylation sites (tertiary alicyclic amines) is 1. The number of hydrogen-bond acceptors (Lipinski definition) is 4. The van der Waals surface area contributed by atoms with E-state index in [-0.39, 0.29) is 0 Å². The molecule has 2 saturated heterocycles. The highest BCUT2D eigenvalue weighted by molar-refractivity contribution is 5.79. The molecule has 144 valence electrons. The smallest absolute Gasteiger partial charge is 0.191 e. The molecule has 2 heterocycles. The standard InChI is InChI=1S/C20H33N5O/c1-21-20(22-9-12-24-13-15-26-16-14-24)23-17-19(25-10-5-6-11-25)18-7-3-2-4-8-18/h2-4,7-8,19H,5-6,9-17H2,1H3,(H2,21,22,23). The summed E-state index contributed by atoms with van der Waals surface area (Å²) >= 11 is 0. The summed E-state index contributed by atoms with van der Waals surface area (Å²) in [5.74, 6) is 0.887. The Morgan fingerprint density at radius 2 is 1.81 bits per heavy atom. The van der Waals surface area contributed by atoms with Crippen LogP contribution in [0.1, 0.15) is 24.4 Å². The fourth-order valence-corrected chi connectivity index (χ4v) is 3.76. The lowest BCUT2D eigenvalue weighted by Gasteiger charge is -2.29. The van der Waals surface area contributed by atoms with Gasteiger partial charge in [-0.3, -0.25) is 14.8 Å². The summed E-state index contributed by atoms with van der Waals surface area (Å²) in [6, 6.07) is 11.2. The molecule has 0 amide bonds. The van der Waals surface area contributed by atoms with E-state index < -0.39 is 0 Å². The molecule has 6 heteroatoms. The van der Waals surface area contributed by atoms with E-state index in [1.54, 1.807) is 0 Å². The Balaban J connectivity index is 1.48. The van der Waals surface area contributed by atoms with Crippen LogP contribution in [0.15, 0.2) is 35.3 Å². The molecule has 1 aromatic carbocycles. The van der Waals surface area contributed by atoms with Crippen LogP contribution in [0, 0.1) is 0 Å². The molecule has 0 spiro atoms. The van der Waals surface area contributed by atoms with Gasteiger partial charge in [0.25, 0.3) is 0 Å². The molecule has 26 heavy (non-hydrogen) atoms. The van der Waals surface area contributed by atoms with Gasteiger partial charge in [-0.1, -0.05) is 30.3 Å². The topological polar surface area (TPSA) is 52.1 Å². The average Bonchev–Trinajstić information content (AvgIpc) is 3.23. The summed E-state index contributed by atoms with van der Waals surface area (Å²) in [4.78, 5) is 9.41. The van der Waals surface area contributed by atoms with Crippen molar-refractivity contribution in [1.82, 2.24) is 20.4 Å². The summed E-state index contributed by atoms with van der Waals surface area (Å²) in [6.45, 7) is 8.92. The van der Waals surface area contributed by atoms with E-state index in [9.17, 15) is 0 Å². The van der Waals surface area contributed by atoms with E-state index in [4.69, 9.17) is 4.74 Å². The van der Waals surface area contributed by atoms with E-state index in [2.05, 4.69) is 55.8 Å². The number of nitrogens with zero attached hydrogens (tertiary/aromatic N) is 3. The van der Waals surface area contributed by atoms with Crippen LogP contribution < -0.4 is 10.6 Å². The fraction of sp³-hybridized carbons (Fsp3) is 0.650. The van der Waals surface area contributed by atoms with Crippen molar-refractivity contribution in [1.29, 1.82) is 0 Å². The van der Waals surface area contributed by atoms with Gasteiger partial charge in [0, 0.05) is 39.8 Å². The lowest BCUT2D eigenvalue weighted by atomic mass is 10.1. The molecule has 3 rings (SSSR count). The summed E-state index contributed by atoms with van der Waals surface area (Å²) in [5.41, 5.74) is 1.38. The third kappa shape index (κ3) is 5.69.